The number of ether oxygens (including phenoxy) is 1. The van der Waals surface area contributed by atoms with Crippen molar-refractivity contribution in [1.29, 1.82) is 0 Å². The highest BCUT2D eigenvalue weighted by Gasteiger charge is 2.05. The lowest BCUT2D eigenvalue weighted by molar-refractivity contribution is 0.297. The Morgan fingerprint density at radius 3 is 2.45 bits per heavy atom. The van der Waals surface area contributed by atoms with Crippen molar-refractivity contribution in [3.63, 3.8) is 0 Å². The third-order valence-corrected chi connectivity index (χ3v) is 3.91. The number of nitrogens with one attached hydrogen (secondary N) is 1. The minimum absolute atomic E-state index is 0.610. The molecule has 0 unspecified atom stereocenters. The smallest absolute Gasteiger partial charge is 0.133 e. The SMILES string of the molecule is CCNCc1ccccc1COc1ccccc1SC. The highest BCUT2D eigenvalue weighted by atomic mass is 32.2. The summed E-state index contributed by atoms with van der Waals surface area (Å²) >= 11 is 1.71. The third-order valence-electron chi connectivity index (χ3n) is 3.14. The third kappa shape index (κ3) is 4.02. The highest BCUT2D eigenvalue weighted by molar-refractivity contribution is 7.98. The van der Waals surface area contributed by atoms with Crippen LogP contribution in [0.4, 0.5) is 0 Å². The van der Waals surface area contributed by atoms with Crippen LogP contribution in [-0.2, 0) is 13.2 Å². The van der Waals surface area contributed by atoms with Crippen LogP contribution in [0.1, 0.15) is 18.1 Å². The van der Waals surface area contributed by atoms with E-state index in [4.69, 9.17) is 4.74 Å². The molecular formula is C17H21NOS. The number of hydrogen-bond donors (Lipinski definition) is 1. The lowest BCUT2D eigenvalue weighted by Gasteiger charge is -2.13. The van der Waals surface area contributed by atoms with E-state index in [1.54, 1.807) is 11.8 Å². The Bertz CT molecular complexity index is 542. The molecule has 0 heterocycles. The molecule has 106 valence electrons. The predicted octanol–water partition coefficient (Wildman–Crippen LogP) is 4.10. The molecule has 2 rings (SSSR count). The van der Waals surface area contributed by atoms with Gasteiger partial charge in [-0.05, 0) is 36.1 Å². The molecule has 0 radical (unpaired) electrons. The molecule has 0 aliphatic rings. The van der Waals surface area contributed by atoms with Gasteiger partial charge in [-0.25, -0.2) is 0 Å². The summed E-state index contributed by atoms with van der Waals surface area (Å²) in [6.45, 7) is 4.59. The Morgan fingerprint density at radius 2 is 1.70 bits per heavy atom. The van der Waals surface area contributed by atoms with E-state index in [2.05, 4.69) is 48.8 Å². The van der Waals surface area contributed by atoms with Gasteiger partial charge in [0.2, 0.25) is 0 Å². The van der Waals surface area contributed by atoms with Gasteiger partial charge in [-0.1, -0.05) is 43.3 Å². The van der Waals surface area contributed by atoms with E-state index in [1.807, 2.05) is 18.2 Å². The van der Waals surface area contributed by atoms with Crippen molar-refractivity contribution in [3.05, 3.63) is 59.7 Å². The Balaban J connectivity index is 2.06. The lowest BCUT2D eigenvalue weighted by atomic mass is 10.1. The second kappa shape index (κ2) is 7.98. The van der Waals surface area contributed by atoms with Gasteiger partial charge in [0, 0.05) is 11.4 Å². The molecule has 0 saturated heterocycles. The van der Waals surface area contributed by atoms with Gasteiger partial charge < -0.3 is 10.1 Å². The van der Waals surface area contributed by atoms with Crippen molar-refractivity contribution >= 4 is 11.8 Å². The van der Waals surface area contributed by atoms with Gasteiger partial charge >= 0.3 is 0 Å². The molecule has 2 aromatic carbocycles. The molecule has 20 heavy (non-hydrogen) atoms. The molecule has 0 saturated carbocycles. The van der Waals surface area contributed by atoms with Crippen molar-refractivity contribution in [1.82, 2.24) is 5.32 Å². The molecule has 0 amide bonds. The standard InChI is InChI=1S/C17H21NOS/c1-3-18-12-14-8-4-5-9-15(14)13-19-16-10-6-7-11-17(16)20-2/h4-11,18H,3,12-13H2,1-2H3. The van der Waals surface area contributed by atoms with Crippen molar-refractivity contribution in [2.24, 2.45) is 0 Å². The highest BCUT2D eigenvalue weighted by Crippen LogP contribution is 2.27. The van der Waals surface area contributed by atoms with Gasteiger partial charge in [-0.2, -0.15) is 0 Å². The first-order valence-corrected chi connectivity index (χ1v) is 8.11. The normalized spacial score (nSPS) is 10.5. The summed E-state index contributed by atoms with van der Waals surface area (Å²) in [6, 6.07) is 16.6. The molecule has 3 heteroatoms. The maximum absolute atomic E-state index is 5.99. The average molecular weight is 287 g/mol. The molecule has 0 aliphatic carbocycles. The summed E-state index contributed by atoms with van der Waals surface area (Å²) < 4.78 is 5.99. The molecular weight excluding hydrogens is 266 g/mol. The number of benzene rings is 2. The van der Waals surface area contributed by atoms with Crippen LogP contribution in [0.25, 0.3) is 0 Å². The minimum Gasteiger partial charge on any atom is -0.488 e. The van der Waals surface area contributed by atoms with Gasteiger partial charge in [0.25, 0.3) is 0 Å². The molecule has 2 nitrogen and oxygen atoms in total. The zero-order chi connectivity index (χ0) is 14.2. The Hall–Kier alpha value is -1.45. The molecule has 0 atom stereocenters. The molecule has 1 N–H and O–H groups in total. The maximum Gasteiger partial charge on any atom is 0.133 e. The fourth-order valence-corrected chi connectivity index (χ4v) is 2.57. The molecule has 0 fully saturated rings. The minimum atomic E-state index is 0.610. The van der Waals surface area contributed by atoms with Crippen LogP contribution in [0.3, 0.4) is 0 Å². The van der Waals surface area contributed by atoms with Crippen molar-refractivity contribution in [3.8, 4) is 5.75 Å². The largest absolute Gasteiger partial charge is 0.488 e. The van der Waals surface area contributed by atoms with Gasteiger partial charge in [0.05, 0.1) is 0 Å². The van der Waals surface area contributed by atoms with Crippen LogP contribution in [0.5, 0.6) is 5.75 Å². The van der Waals surface area contributed by atoms with Gasteiger partial charge in [-0.15, -0.1) is 11.8 Å². The molecule has 0 bridgehead atoms. The fourth-order valence-electron chi connectivity index (χ4n) is 2.02. The second-order valence-electron chi connectivity index (χ2n) is 4.49. The van der Waals surface area contributed by atoms with Gasteiger partial charge in [-0.3, -0.25) is 0 Å². The number of rotatable bonds is 7. The van der Waals surface area contributed by atoms with Crippen LogP contribution >= 0.6 is 11.8 Å². The van der Waals surface area contributed by atoms with Crippen LogP contribution in [-0.4, -0.2) is 12.8 Å². The van der Waals surface area contributed by atoms with Crippen molar-refractivity contribution < 1.29 is 4.74 Å². The van der Waals surface area contributed by atoms with E-state index in [-0.39, 0.29) is 0 Å². The summed E-state index contributed by atoms with van der Waals surface area (Å²) in [5, 5.41) is 3.37. The van der Waals surface area contributed by atoms with E-state index in [0.29, 0.717) is 6.61 Å². The van der Waals surface area contributed by atoms with Crippen molar-refractivity contribution in [2.45, 2.75) is 25.0 Å². The molecule has 2 aromatic rings. The summed E-state index contributed by atoms with van der Waals surface area (Å²) in [5.41, 5.74) is 2.54. The van der Waals surface area contributed by atoms with Crippen LogP contribution < -0.4 is 10.1 Å². The summed E-state index contributed by atoms with van der Waals surface area (Å²) in [4.78, 5) is 1.18. The van der Waals surface area contributed by atoms with E-state index in [0.717, 1.165) is 18.8 Å². The van der Waals surface area contributed by atoms with E-state index < -0.39 is 0 Å². The first-order valence-electron chi connectivity index (χ1n) is 6.88. The fraction of sp³-hybridized carbons (Fsp3) is 0.294. The van der Waals surface area contributed by atoms with Crippen molar-refractivity contribution in [2.75, 3.05) is 12.8 Å². The molecule has 0 spiro atoms. The Morgan fingerprint density at radius 1 is 1.00 bits per heavy atom. The molecule has 0 aromatic heterocycles. The van der Waals surface area contributed by atoms with Crippen LogP contribution in [0, 0.1) is 0 Å². The quantitative estimate of drug-likeness (QED) is 0.775. The number of para-hydroxylation sites is 1. The van der Waals surface area contributed by atoms with Gasteiger partial charge in [0.15, 0.2) is 0 Å². The number of hydrogen-bond acceptors (Lipinski definition) is 3. The summed E-state index contributed by atoms with van der Waals surface area (Å²) in [5.74, 6) is 0.957. The topological polar surface area (TPSA) is 21.3 Å². The maximum atomic E-state index is 5.99. The monoisotopic (exact) mass is 287 g/mol. The zero-order valence-electron chi connectivity index (χ0n) is 12.1. The predicted molar refractivity (Wildman–Crippen MR) is 86.4 cm³/mol. The second-order valence-corrected chi connectivity index (χ2v) is 5.34. The van der Waals surface area contributed by atoms with Crippen LogP contribution in [0.2, 0.25) is 0 Å². The Labute approximate surface area is 125 Å². The van der Waals surface area contributed by atoms with E-state index in [1.165, 1.54) is 16.0 Å². The van der Waals surface area contributed by atoms with E-state index >= 15 is 0 Å². The summed E-state index contributed by atoms with van der Waals surface area (Å²) in [7, 11) is 0. The number of thioether (sulfide) groups is 1. The summed E-state index contributed by atoms with van der Waals surface area (Å²) in [6.07, 6.45) is 2.07. The zero-order valence-corrected chi connectivity index (χ0v) is 12.9. The lowest BCUT2D eigenvalue weighted by Crippen LogP contribution is -2.14. The van der Waals surface area contributed by atoms with E-state index in [9.17, 15) is 0 Å². The van der Waals surface area contributed by atoms with Crippen LogP contribution in [0.15, 0.2) is 53.4 Å². The first-order chi connectivity index (χ1) is 9.85. The molecule has 0 aliphatic heterocycles. The first kappa shape index (κ1) is 14.9. The Kier molecular flexibility index (Phi) is 5.96. The average Bonchev–Trinajstić information content (AvgIpc) is 2.52. The van der Waals surface area contributed by atoms with Gasteiger partial charge in [0.1, 0.15) is 12.4 Å².